The van der Waals surface area contributed by atoms with E-state index in [4.69, 9.17) is 14.2 Å². The topological polar surface area (TPSA) is 78.9 Å². The summed E-state index contributed by atoms with van der Waals surface area (Å²) < 4.78 is 17.0. The number of rotatable bonds is 62. The second kappa shape index (κ2) is 66.4. The van der Waals surface area contributed by atoms with E-state index in [1.807, 2.05) is 0 Å². The Morgan fingerprint density at radius 3 is 0.795 bits per heavy atom. The number of hydrogen-bond donors (Lipinski definition) is 0. The van der Waals surface area contributed by atoms with Gasteiger partial charge in [-0.15, -0.1) is 0 Å². The zero-order chi connectivity index (χ0) is 56.4. The Bertz CT molecular complexity index is 1440. The van der Waals surface area contributed by atoms with Gasteiger partial charge in [-0.3, -0.25) is 14.4 Å². The van der Waals surface area contributed by atoms with Crippen molar-refractivity contribution >= 4 is 17.9 Å². The Morgan fingerprint density at radius 1 is 0.269 bits per heavy atom. The lowest BCUT2D eigenvalue weighted by Crippen LogP contribution is -2.30. The zero-order valence-corrected chi connectivity index (χ0v) is 51.9. The highest BCUT2D eigenvalue weighted by Crippen LogP contribution is 2.17. The van der Waals surface area contributed by atoms with Crippen LogP contribution in [-0.4, -0.2) is 37.2 Å². The standard InChI is InChI=1S/C72H128O6/c1-4-7-10-13-16-19-22-25-28-31-33-35-37-38-41-44-47-50-53-56-59-62-65-71(74)77-68-69(67-76-70(73)64-61-58-55-52-49-46-43-40-30-27-24-21-18-15-12-9-6-3)78-72(75)66-63-60-57-54-51-48-45-42-39-36-34-32-29-26-23-20-17-14-11-8-5-2/h8,11,17,20,26-27,29-30,34,36,42,45,69H,4-7,9-10,12-16,18-19,21-25,28,31-33,35,37-41,43-44,46-68H2,1-3H3/b11-8-,20-17-,29-26-,30-27-,36-34-,45-42-. The largest absolute Gasteiger partial charge is 0.462 e. The first-order valence-corrected chi connectivity index (χ1v) is 33.9. The van der Waals surface area contributed by atoms with Crippen molar-refractivity contribution in [3.05, 3.63) is 72.9 Å². The summed E-state index contributed by atoms with van der Waals surface area (Å²) in [5, 5.41) is 0. The minimum absolute atomic E-state index is 0.0815. The molecule has 0 saturated heterocycles. The van der Waals surface area contributed by atoms with E-state index in [9.17, 15) is 14.4 Å². The summed E-state index contributed by atoms with van der Waals surface area (Å²) in [4.78, 5) is 38.4. The molecule has 1 unspecified atom stereocenters. The molecule has 0 bridgehead atoms. The maximum atomic E-state index is 12.9. The lowest BCUT2D eigenvalue weighted by Gasteiger charge is -2.18. The second-order valence-electron chi connectivity index (χ2n) is 22.7. The molecule has 0 aromatic rings. The Kier molecular flexibility index (Phi) is 63.7. The van der Waals surface area contributed by atoms with Gasteiger partial charge in [-0.2, -0.15) is 0 Å². The van der Waals surface area contributed by atoms with Crippen LogP contribution in [-0.2, 0) is 28.6 Å². The molecule has 0 aliphatic heterocycles. The van der Waals surface area contributed by atoms with E-state index in [1.54, 1.807) is 0 Å². The fourth-order valence-corrected chi connectivity index (χ4v) is 9.88. The Balaban J connectivity index is 4.38. The quantitative estimate of drug-likeness (QED) is 0.0261. The second-order valence-corrected chi connectivity index (χ2v) is 22.7. The first-order chi connectivity index (χ1) is 38.5. The van der Waals surface area contributed by atoms with Gasteiger partial charge >= 0.3 is 17.9 Å². The van der Waals surface area contributed by atoms with Crippen molar-refractivity contribution in [2.45, 2.75) is 354 Å². The molecular formula is C72H128O6. The molecule has 0 saturated carbocycles. The maximum absolute atomic E-state index is 12.9. The first kappa shape index (κ1) is 74.8. The van der Waals surface area contributed by atoms with Gasteiger partial charge in [0.15, 0.2) is 6.10 Å². The summed E-state index contributed by atoms with van der Waals surface area (Å²) >= 11 is 0. The molecular weight excluding hydrogens is 961 g/mol. The van der Waals surface area contributed by atoms with E-state index in [0.717, 1.165) is 109 Å². The lowest BCUT2D eigenvalue weighted by atomic mass is 10.0. The molecule has 0 rings (SSSR count). The van der Waals surface area contributed by atoms with Gasteiger partial charge in [0.25, 0.3) is 0 Å². The van der Waals surface area contributed by atoms with Crippen LogP contribution in [0, 0.1) is 0 Å². The van der Waals surface area contributed by atoms with Crippen molar-refractivity contribution in [3.8, 4) is 0 Å². The maximum Gasteiger partial charge on any atom is 0.306 e. The molecule has 0 heterocycles. The molecule has 0 aliphatic carbocycles. The van der Waals surface area contributed by atoms with Crippen LogP contribution in [0.1, 0.15) is 348 Å². The Morgan fingerprint density at radius 2 is 0.500 bits per heavy atom. The fourth-order valence-electron chi connectivity index (χ4n) is 9.88. The van der Waals surface area contributed by atoms with Gasteiger partial charge in [0.2, 0.25) is 0 Å². The number of unbranched alkanes of at least 4 members (excludes halogenated alkanes) is 39. The highest BCUT2D eigenvalue weighted by molar-refractivity contribution is 5.71. The minimum Gasteiger partial charge on any atom is -0.462 e. The molecule has 78 heavy (non-hydrogen) atoms. The predicted molar refractivity (Wildman–Crippen MR) is 339 cm³/mol. The van der Waals surface area contributed by atoms with Gasteiger partial charge in [0.05, 0.1) is 0 Å². The summed E-state index contributed by atoms with van der Waals surface area (Å²) in [7, 11) is 0. The number of ether oxygens (including phenoxy) is 3. The van der Waals surface area contributed by atoms with Crippen molar-refractivity contribution in [3.63, 3.8) is 0 Å². The summed E-state index contributed by atoms with van der Waals surface area (Å²) in [5.41, 5.74) is 0. The third-order valence-electron chi connectivity index (χ3n) is 14.9. The average Bonchev–Trinajstić information content (AvgIpc) is 3.44. The summed E-state index contributed by atoms with van der Waals surface area (Å²) in [6, 6.07) is 0. The molecule has 0 aromatic heterocycles. The molecule has 1 atom stereocenters. The molecule has 6 nitrogen and oxygen atoms in total. The smallest absolute Gasteiger partial charge is 0.306 e. The SMILES string of the molecule is CC/C=C\C/C=C\C/C=C\C/C=C\C/C=C\CCCCCCCC(=O)OC(COC(=O)CCCCCCCCC/C=C\CCCCCCCC)COC(=O)CCCCCCCCCCCCCCCCCCCCCCCC. The van der Waals surface area contributed by atoms with Crippen molar-refractivity contribution in [2.75, 3.05) is 13.2 Å². The van der Waals surface area contributed by atoms with E-state index >= 15 is 0 Å². The number of esters is 3. The van der Waals surface area contributed by atoms with Crippen molar-refractivity contribution in [2.24, 2.45) is 0 Å². The summed E-state index contributed by atoms with van der Waals surface area (Å²) in [6.45, 7) is 6.56. The van der Waals surface area contributed by atoms with Crippen LogP contribution in [0.15, 0.2) is 72.9 Å². The molecule has 0 N–H and O–H groups in total. The highest BCUT2D eigenvalue weighted by atomic mass is 16.6. The molecule has 452 valence electrons. The summed E-state index contributed by atoms with van der Waals surface area (Å²) in [5.74, 6) is -0.885. The van der Waals surface area contributed by atoms with Crippen LogP contribution in [0.4, 0.5) is 0 Å². The molecule has 0 aliphatic rings. The monoisotopic (exact) mass is 1090 g/mol. The fraction of sp³-hybridized carbons (Fsp3) is 0.792. The average molecular weight is 1090 g/mol. The predicted octanol–water partition coefficient (Wildman–Crippen LogP) is 23.3. The van der Waals surface area contributed by atoms with Gasteiger partial charge in [0.1, 0.15) is 13.2 Å². The van der Waals surface area contributed by atoms with Crippen LogP contribution >= 0.6 is 0 Å². The number of allylic oxidation sites excluding steroid dienone is 12. The van der Waals surface area contributed by atoms with Crippen LogP contribution in [0.3, 0.4) is 0 Å². The van der Waals surface area contributed by atoms with Crippen molar-refractivity contribution in [1.82, 2.24) is 0 Å². The minimum atomic E-state index is -0.788. The number of hydrogen-bond acceptors (Lipinski definition) is 6. The van der Waals surface area contributed by atoms with Crippen molar-refractivity contribution < 1.29 is 28.6 Å². The van der Waals surface area contributed by atoms with E-state index in [0.29, 0.717) is 19.3 Å². The van der Waals surface area contributed by atoms with Crippen LogP contribution in [0.5, 0.6) is 0 Å². The Labute approximate surface area is 484 Å². The van der Waals surface area contributed by atoms with Crippen LogP contribution in [0.2, 0.25) is 0 Å². The Hall–Kier alpha value is -3.15. The van der Waals surface area contributed by atoms with E-state index in [1.165, 1.54) is 199 Å². The van der Waals surface area contributed by atoms with E-state index in [2.05, 4.69) is 93.7 Å². The molecule has 0 spiro atoms. The van der Waals surface area contributed by atoms with Gasteiger partial charge in [0, 0.05) is 19.3 Å². The number of carbonyl (C=O) groups is 3. The molecule has 6 heteroatoms. The van der Waals surface area contributed by atoms with Gasteiger partial charge in [-0.05, 0) is 89.9 Å². The molecule has 0 radical (unpaired) electrons. The normalized spacial score (nSPS) is 12.5. The van der Waals surface area contributed by atoms with E-state index in [-0.39, 0.29) is 31.1 Å². The van der Waals surface area contributed by atoms with Crippen LogP contribution < -0.4 is 0 Å². The van der Waals surface area contributed by atoms with Gasteiger partial charge in [-0.1, -0.05) is 312 Å². The highest BCUT2D eigenvalue weighted by Gasteiger charge is 2.19. The first-order valence-electron chi connectivity index (χ1n) is 33.9. The van der Waals surface area contributed by atoms with Gasteiger partial charge < -0.3 is 14.2 Å². The third kappa shape index (κ3) is 63.7. The lowest BCUT2D eigenvalue weighted by molar-refractivity contribution is -0.167. The van der Waals surface area contributed by atoms with Crippen LogP contribution in [0.25, 0.3) is 0 Å². The molecule has 0 aromatic carbocycles. The summed E-state index contributed by atoms with van der Waals surface area (Å²) in [6.07, 6.45) is 86.3. The number of carbonyl (C=O) groups excluding carboxylic acids is 3. The van der Waals surface area contributed by atoms with Gasteiger partial charge in [-0.25, -0.2) is 0 Å². The van der Waals surface area contributed by atoms with Crippen molar-refractivity contribution in [1.29, 1.82) is 0 Å². The van der Waals surface area contributed by atoms with E-state index < -0.39 is 6.10 Å². The third-order valence-corrected chi connectivity index (χ3v) is 14.9. The molecule has 0 amide bonds. The molecule has 0 fully saturated rings. The zero-order valence-electron chi connectivity index (χ0n) is 51.9.